The van der Waals surface area contributed by atoms with Gasteiger partial charge in [-0.25, -0.2) is 0 Å². The van der Waals surface area contributed by atoms with Gasteiger partial charge in [0.15, 0.2) is 11.5 Å². The van der Waals surface area contributed by atoms with Crippen LogP contribution >= 0.6 is 0 Å². The average Bonchev–Trinajstić information content (AvgIpc) is 3.01. The number of nitrogens with one attached hydrogen (secondary N) is 1. The van der Waals surface area contributed by atoms with Gasteiger partial charge in [0.2, 0.25) is 0 Å². The minimum Gasteiger partial charge on any atom is -0.493 e. The van der Waals surface area contributed by atoms with Gasteiger partial charge in [-0.15, -0.1) is 0 Å². The first-order valence-corrected chi connectivity index (χ1v) is 8.99. The molecule has 0 aliphatic carbocycles. The summed E-state index contributed by atoms with van der Waals surface area (Å²) >= 11 is 0. The van der Waals surface area contributed by atoms with Gasteiger partial charge in [0.1, 0.15) is 6.61 Å². The van der Waals surface area contributed by atoms with Crippen molar-refractivity contribution in [3.05, 3.63) is 35.9 Å². The van der Waals surface area contributed by atoms with Crippen LogP contribution in [0.3, 0.4) is 0 Å². The van der Waals surface area contributed by atoms with E-state index in [1.54, 1.807) is 7.11 Å². The van der Waals surface area contributed by atoms with Gasteiger partial charge in [-0.05, 0) is 68.6 Å². The summed E-state index contributed by atoms with van der Waals surface area (Å²) in [4.78, 5) is 2.57. The summed E-state index contributed by atoms with van der Waals surface area (Å²) in [5, 5.41) is 3.60. The van der Waals surface area contributed by atoms with E-state index in [0.717, 1.165) is 36.1 Å². The molecule has 1 heterocycles. The van der Waals surface area contributed by atoms with E-state index >= 15 is 0 Å². The molecule has 1 atom stereocenters. The lowest BCUT2D eigenvalue weighted by atomic mass is 10.1. The smallest absolute Gasteiger partial charge is 0.161 e. The fourth-order valence-corrected chi connectivity index (χ4v) is 3.16. The van der Waals surface area contributed by atoms with Crippen molar-refractivity contribution < 1.29 is 9.47 Å². The van der Waals surface area contributed by atoms with Crippen molar-refractivity contribution in [2.24, 2.45) is 5.92 Å². The number of rotatable bonds is 10. The molecule has 4 nitrogen and oxygen atoms in total. The molecule has 1 aliphatic heterocycles. The number of benzene rings is 1. The molecule has 0 spiro atoms. The van der Waals surface area contributed by atoms with Crippen LogP contribution < -0.4 is 14.8 Å². The monoisotopic (exact) mass is 332 g/mol. The van der Waals surface area contributed by atoms with Gasteiger partial charge < -0.3 is 19.7 Å². The van der Waals surface area contributed by atoms with Crippen LogP contribution in [0.1, 0.15) is 32.3 Å². The number of likely N-dealkylation sites (tertiary alicyclic amines) is 1. The van der Waals surface area contributed by atoms with Gasteiger partial charge in [0.25, 0.3) is 0 Å². The van der Waals surface area contributed by atoms with Crippen LogP contribution in [0.2, 0.25) is 0 Å². The van der Waals surface area contributed by atoms with Crippen molar-refractivity contribution >= 4 is 0 Å². The lowest BCUT2D eigenvalue weighted by Crippen LogP contribution is -2.26. The van der Waals surface area contributed by atoms with Crippen LogP contribution in [-0.4, -0.2) is 44.8 Å². The molecule has 134 valence electrons. The molecule has 1 aromatic carbocycles. The summed E-state index contributed by atoms with van der Waals surface area (Å²) in [7, 11) is 1.67. The van der Waals surface area contributed by atoms with Crippen molar-refractivity contribution in [2.75, 3.05) is 39.9 Å². The molecular weight excluding hydrogens is 300 g/mol. The summed E-state index contributed by atoms with van der Waals surface area (Å²) < 4.78 is 11.2. The number of hydrogen-bond acceptors (Lipinski definition) is 4. The molecule has 2 rings (SSSR count). The van der Waals surface area contributed by atoms with Crippen LogP contribution in [0, 0.1) is 5.92 Å². The Hall–Kier alpha value is -1.52. The van der Waals surface area contributed by atoms with Crippen LogP contribution in [-0.2, 0) is 6.54 Å². The highest BCUT2D eigenvalue weighted by atomic mass is 16.5. The molecular formula is C20H32N2O2. The summed E-state index contributed by atoms with van der Waals surface area (Å²) in [5.41, 5.74) is 2.22. The normalized spacial score (nSPS) is 17.9. The molecule has 1 unspecified atom stereocenters. The number of ether oxygens (including phenoxy) is 2. The lowest BCUT2D eigenvalue weighted by Gasteiger charge is -2.16. The highest BCUT2D eigenvalue weighted by molar-refractivity contribution is 5.43. The summed E-state index contributed by atoms with van der Waals surface area (Å²) in [6.45, 7) is 14.3. The van der Waals surface area contributed by atoms with E-state index in [1.165, 1.54) is 38.0 Å². The molecule has 1 aromatic rings. The molecule has 0 radical (unpaired) electrons. The maximum atomic E-state index is 5.79. The second kappa shape index (κ2) is 9.70. The standard InChI is InChI=1S/C20H32N2O2/c1-5-9-22-10-8-18(14-22)13-21-12-17-6-7-19(23-4)20(11-17)24-15-16(2)3/h6-7,11,18,21H,2,5,8-10,12-15H2,1,3-4H3. The highest BCUT2D eigenvalue weighted by Gasteiger charge is 2.21. The molecule has 0 amide bonds. The van der Waals surface area contributed by atoms with Crippen molar-refractivity contribution in [2.45, 2.75) is 33.2 Å². The quantitative estimate of drug-likeness (QED) is 0.665. The Bertz CT molecular complexity index is 530. The number of nitrogens with zero attached hydrogens (tertiary/aromatic N) is 1. The first-order chi connectivity index (χ1) is 11.6. The average molecular weight is 332 g/mol. The Morgan fingerprint density at radius 1 is 1.38 bits per heavy atom. The Balaban J connectivity index is 1.82. The molecule has 1 aliphatic rings. The Labute approximate surface area is 146 Å². The molecule has 4 heteroatoms. The van der Waals surface area contributed by atoms with Crippen molar-refractivity contribution in [3.8, 4) is 11.5 Å². The molecule has 1 fully saturated rings. The third kappa shape index (κ3) is 5.84. The van der Waals surface area contributed by atoms with Gasteiger partial charge in [-0.3, -0.25) is 0 Å². The van der Waals surface area contributed by atoms with Crippen LogP contribution in [0.4, 0.5) is 0 Å². The van der Waals surface area contributed by atoms with Gasteiger partial charge >= 0.3 is 0 Å². The lowest BCUT2D eigenvalue weighted by molar-refractivity contribution is 0.318. The van der Waals surface area contributed by atoms with Crippen molar-refractivity contribution in [1.82, 2.24) is 10.2 Å². The first-order valence-electron chi connectivity index (χ1n) is 8.99. The van der Waals surface area contributed by atoms with Crippen molar-refractivity contribution in [1.29, 1.82) is 0 Å². The van der Waals surface area contributed by atoms with Crippen LogP contribution in [0.5, 0.6) is 11.5 Å². The second-order valence-electron chi connectivity index (χ2n) is 6.82. The van der Waals surface area contributed by atoms with E-state index in [9.17, 15) is 0 Å². The minimum atomic E-state index is 0.516. The van der Waals surface area contributed by atoms with E-state index < -0.39 is 0 Å². The summed E-state index contributed by atoms with van der Waals surface area (Å²) in [6.07, 6.45) is 2.56. The van der Waals surface area contributed by atoms with Crippen LogP contribution in [0.25, 0.3) is 0 Å². The van der Waals surface area contributed by atoms with Gasteiger partial charge in [-0.2, -0.15) is 0 Å². The topological polar surface area (TPSA) is 33.7 Å². The van der Waals surface area contributed by atoms with Gasteiger partial charge in [0.05, 0.1) is 7.11 Å². The maximum Gasteiger partial charge on any atom is 0.161 e. The van der Waals surface area contributed by atoms with Gasteiger partial charge in [-0.1, -0.05) is 19.6 Å². The maximum absolute atomic E-state index is 5.79. The fourth-order valence-electron chi connectivity index (χ4n) is 3.16. The van der Waals surface area contributed by atoms with Crippen molar-refractivity contribution in [3.63, 3.8) is 0 Å². The summed E-state index contributed by atoms with van der Waals surface area (Å²) in [6, 6.07) is 6.13. The molecule has 1 saturated heterocycles. The number of hydrogen-bond donors (Lipinski definition) is 1. The Kier molecular flexibility index (Phi) is 7.60. The summed E-state index contributed by atoms with van der Waals surface area (Å²) in [5.74, 6) is 2.33. The zero-order valence-corrected chi connectivity index (χ0v) is 15.4. The Morgan fingerprint density at radius 2 is 2.21 bits per heavy atom. The van der Waals surface area contributed by atoms with Gasteiger partial charge in [0, 0.05) is 13.1 Å². The molecule has 0 aromatic heterocycles. The SMILES string of the molecule is C=C(C)COc1cc(CNCC2CCN(CCC)C2)ccc1OC. The first kappa shape index (κ1) is 18.8. The molecule has 0 bridgehead atoms. The third-order valence-corrected chi connectivity index (χ3v) is 4.37. The van der Waals surface area contributed by atoms with E-state index in [4.69, 9.17) is 9.47 Å². The second-order valence-corrected chi connectivity index (χ2v) is 6.82. The zero-order valence-electron chi connectivity index (χ0n) is 15.4. The largest absolute Gasteiger partial charge is 0.493 e. The highest BCUT2D eigenvalue weighted by Crippen LogP contribution is 2.28. The third-order valence-electron chi connectivity index (χ3n) is 4.37. The van der Waals surface area contributed by atoms with Crippen LogP contribution in [0.15, 0.2) is 30.4 Å². The predicted molar refractivity (Wildman–Crippen MR) is 99.8 cm³/mol. The van der Waals surface area contributed by atoms with E-state index in [0.29, 0.717) is 6.61 Å². The molecule has 0 saturated carbocycles. The molecule has 24 heavy (non-hydrogen) atoms. The predicted octanol–water partition coefficient (Wildman–Crippen LogP) is 3.47. The zero-order chi connectivity index (χ0) is 17.4. The van der Waals surface area contributed by atoms with E-state index in [1.807, 2.05) is 13.0 Å². The van der Waals surface area contributed by atoms with E-state index in [-0.39, 0.29) is 0 Å². The number of methoxy groups -OCH3 is 1. The fraction of sp³-hybridized carbons (Fsp3) is 0.600. The minimum absolute atomic E-state index is 0.516. The molecule has 1 N–H and O–H groups in total. The van der Waals surface area contributed by atoms with E-state index in [2.05, 4.69) is 35.9 Å². The Morgan fingerprint density at radius 3 is 2.92 bits per heavy atom.